The summed E-state index contributed by atoms with van der Waals surface area (Å²) >= 11 is 4.76. The van der Waals surface area contributed by atoms with Gasteiger partial charge in [0, 0.05) is 5.33 Å². The zero-order valence-corrected chi connectivity index (χ0v) is 17.5. The quantitative estimate of drug-likeness (QED) is 0.504. The molecular weight excluding hydrogens is 434 g/mol. The van der Waals surface area contributed by atoms with Gasteiger partial charge in [0.05, 0.1) is 11.2 Å². The number of nitrogens with zero attached hydrogens (tertiary/aromatic N) is 1. The zero-order chi connectivity index (χ0) is 19.6. The number of hydrogen-bond donors (Lipinski definition) is 2. The van der Waals surface area contributed by atoms with E-state index in [9.17, 15) is 14.4 Å². The van der Waals surface area contributed by atoms with E-state index in [2.05, 4.69) is 26.6 Å². The fraction of sp³-hybridized carbons (Fsp3) is 0.500. The van der Waals surface area contributed by atoms with Crippen molar-refractivity contribution in [3.8, 4) is 0 Å². The smallest absolute Gasteiger partial charge is 0.408 e. The van der Waals surface area contributed by atoms with Crippen molar-refractivity contribution in [2.75, 3.05) is 11.9 Å². The molecule has 0 aliphatic carbocycles. The van der Waals surface area contributed by atoms with Gasteiger partial charge in [-0.05, 0) is 19.4 Å². The van der Waals surface area contributed by atoms with Crippen molar-refractivity contribution in [1.29, 1.82) is 0 Å². The fourth-order valence-corrected chi connectivity index (χ4v) is 5.01. The van der Waals surface area contributed by atoms with Crippen LogP contribution < -0.4 is 10.6 Å². The number of benzene rings is 1. The third-order valence-electron chi connectivity index (χ3n) is 4.53. The van der Waals surface area contributed by atoms with Crippen molar-refractivity contribution < 1.29 is 19.1 Å². The third-order valence-corrected chi connectivity index (χ3v) is 6.43. The van der Waals surface area contributed by atoms with Gasteiger partial charge in [-0.15, -0.1) is 11.8 Å². The number of carbonyl (C=O) groups excluding carboxylic acids is 3. The molecule has 3 atom stereocenters. The molecule has 2 unspecified atom stereocenters. The molecule has 2 saturated heterocycles. The van der Waals surface area contributed by atoms with Gasteiger partial charge in [0.25, 0.3) is 5.91 Å². The highest BCUT2D eigenvalue weighted by Crippen LogP contribution is 2.49. The van der Waals surface area contributed by atoms with E-state index in [4.69, 9.17) is 4.74 Å². The summed E-state index contributed by atoms with van der Waals surface area (Å²) in [5.74, 6) is -0.379. The van der Waals surface area contributed by atoms with Gasteiger partial charge in [-0.2, -0.15) is 0 Å². The van der Waals surface area contributed by atoms with Crippen LogP contribution >= 0.6 is 27.7 Å². The number of amides is 3. The monoisotopic (exact) mass is 455 g/mol. The number of β-lactam (4-membered cyclic amide) rings is 1. The maximum absolute atomic E-state index is 12.6. The molecule has 1 aromatic rings. The molecule has 146 valence electrons. The molecule has 3 rings (SSSR count). The van der Waals surface area contributed by atoms with E-state index in [1.807, 2.05) is 44.2 Å². The second-order valence-electron chi connectivity index (χ2n) is 6.94. The number of halogens is 1. The molecule has 2 heterocycles. The minimum atomic E-state index is -0.573. The number of nitrogens with one attached hydrogen (secondary N) is 2. The maximum Gasteiger partial charge on any atom is 0.408 e. The highest BCUT2D eigenvalue weighted by atomic mass is 79.9. The van der Waals surface area contributed by atoms with Crippen LogP contribution in [0, 0.1) is 0 Å². The first-order chi connectivity index (χ1) is 12.8. The zero-order valence-electron chi connectivity index (χ0n) is 15.1. The number of fused-ring (bicyclic) bond motifs is 1. The summed E-state index contributed by atoms with van der Waals surface area (Å²) in [4.78, 5) is 38.5. The molecule has 0 spiro atoms. The Bertz CT molecular complexity index is 731. The van der Waals surface area contributed by atoms with E-state index >= 15 is 0 Å². The van der Waals surface area contributed by atoms with Gasteiger partial charge in [-0.3, -0.25) is 14.9 Å². The number of carbonyl (C=O) groups is 3. The first kappa shape index (κ1) is 20.0. The Labute approximate surface area is 170 Å². The van der Waals surface area contributed by atoms with Crippen molar-refractivity contribution in [3.05, 3.63) is 35.9 Å². The van der Waals surface area contributed by atoms with Crippen LogP contribution in [0.2, 0.25) is 0 Å². The second-order valence-corrected chi connectivity index (χ2v) is 9.50. The standard InChI is InChI=1S/C18H22BrN3O4S/c1-18(2)16(21-17(25)26-9-8-19)22-14(24)13(15(22)27-18)20-12(23)10-11-6-4-3-5-7-11/h3-7,13,15-16H,8-10H2,1-2H3,(H,20,23)(H,21,25)/t13?,15-,16?/m1/s1. The number of thioether (sulfide) groups is 1. The average Bonchev–Trinajstić information content (AvgIpc) is 2.86. The van der Waals surface area contributed by atoms with Gasteiger partial charge in [-0.25, -0.2) is 4.79 Å². The minimum Gasteiger partial charge on any atom is -0.449 e. The van der Waals surface area contributed by atoms with Crippen molar-refractivity contribution in [3.63, 3.8) is 0 Å². The minimum absolute atomic E-state index is 0.189. The number of alkyl carbamates (subject to hydrolysis) is 1. The molecule has 0 radical (unpaired) electrons. The molecule has 9 heteroatoms. The normalized spacial score (nSPS) is 25.4. The van der Waals surface area contributed by atoms with Crippen molar-refractivity contribution >= 4 is 45.6 Å². The Morgan fingerprint density at radius 1 is 1.26 bits per heavy atom. The molecule has 2 N–H and O–H groups in total. The summed E-state index contributed by atoms with van der Waals surface area (Å²) in [7, 11) is 0. The molecule has 0 aromatic heterocycles. The van der Waals surface area contributed by atoms with Crippen LogP contribution in [-0.2, 0) is 20.7 Å². The molecule has 3 amide bonds. The van der Waals surface area contributed by atoms with Gasteiger partial charge in [-0.1, -0.05) is 46.3 Å². The lowest BCUT2D eigenvalue weighted by atomic mass is 10.0. The van der Waals surface area contributed by atoms with E-state index in [0.717, 1.165) is 5.56 Å². The van der Waals surface area contributed by atoms with E-state index in [1.165, 1.54) is 0 Å². The van der Waals surface area contributed by atoms with E-state index in [0.29, 0.717) is 5.33 Å². The summed E-state index contributed by atoms with van der Waals surface area (Å²) in [5.41, 5.74) is 0.895. The number of rotatable bonds is 6. The number of hydrogen-bond acceptors (Lipinski definition) is 5. The SMILES string of the molecule is CC1(C)S[C@@H]2C(NC(=O)Cc3ccccc3)C(=O)N2C1NC(=O)OCCBr. The van der Waals surface area contributed by atoms with Crippen LogP contribution in [0.3, 0.4) is 0 Å². The van der Waals surface area contributed by atoms with Crippen LogP contribution in [0.15, 0.2) is 30.3 Å². The molecule has 27 heavy (non-hydrogen) atoms. The van der Waals surface area contributed by atoms with Crippen molar-refractivity contribution in [2.45, 2.75) is 42.6 Å². The van der Waals surface area contributed by atoms with Crippen LogP contribution in [0.4, 0.5) is 4.79 Å². The van der Waals surface area contributed by atoms with Gasteiger partial charge >= 0.3 is 6.09 Å². The van der Waals surface area contributed by atoms with Crippen LogP contribution in [0.1, 0.15) is 19.4 Å². The first-order valence-corrected chi connectivity index (χ1v) is 10.7. The van der Waals surface area contributed by atoms with E-state index in [1.54, 1.807) is 16.7 Å². The van der Waals surface area contributed by atoms with Crippen molar-refractivity contribution in [1.82, 2.24) is 15.5 Å². The van der Waals surface area contributed by atoms with Gasteiger partial charge in [0.15, 0.2) is 0 Å². The van der Waals surface area contributed by atoms with Crippen LogP contribution in [-0.4, -0.2) is 57.1 Å². The average molecular weight is 456 g/mol. The predicted molar refractivity (Wildman–Crippen MR) is 106 cm³/mol. The lowest BCUT2D eigenvalue weighted by molar-refractivity contribution is -0.151. The summed E-state index contributed by atoms with van der Waals surface area (Å²) in [5, 5.41) is 5.95. The summed E-state index contributed by atoms with van der Waals surface area (Å²) in [6, 6.07) is 8.82. The molecule has 2 aliphatic heterocycles. The number of alkyl halides is 1. The Morgan fingerprint density at radius 3 is 2.63 bits per heavy atom. The van der Waals surface area contributed by atoms with Crippen LogP contribution in [0.25, 0.3) is 0 Å². The highest BCUT2D eigenvalue weighted by molar-refractivity contribution is 9.09. The molecule has 2 fully saturated rings. The Hall–Kier alpha value is -1.74. The summed E-state index contributed by atoms with van der Waals surface area (Å²) in [6.45, 7) is 4.17. The predicted octanol–water partition coefficient (Wildman–Crippen LogP) is 1.85. The molecule has 2 aliphatic rings. The second kappa shape index (κ2) is 8.10. The fourth-order valence-electron chi connectivity index (χ4n) is 3.26. The first-order valence-electron chi connectivity index (χ1n) is 8.66. The van der Waals surface area contributed by atoms with Crippen LogP contribution in [0.5, 0.6) is 0 Å². The van der Waals surface area contributed by atoms with Gasteiger partial charge in [0.1, 0.15) is 24.2 Å². The highest BCUT2D eigenvalue weighted by Gasteiger charge is 2.62. The summed E-state index contributed by atoms with van der Waals surface area (Å²) < 4.78 is 4.64. The maximum atomic E-state index is 12.6. The van der Waals surface area contributed by atoms with E-state index < -0.39 is 23.0 Å². The van der Waals surface area contributed by atoms with Gasteiger partial charge < -0.3 is 15.0 Å². The number of ether oxygens (including phenoxy) is 1. The largest absolute Gasteiger partial charge is 0.449 e. The Balaban J connectivity index is 1.60. The Kier molecular flexibility index (Phi) is 6.00. The Morgan fingerprint density at radius 2 is 1.96 bits per heavy atom. The lowest BCUT2D eigenvalue weighted by Crippen LogP contribution is -2.72. The van der Waals surface area contributed by atoms with E-state index in [-0.39, 0.29) is 30.2 Å². The molecule has 0 saturated carbocycles. The van der Waals surface area contributed by atoms with Gasteiger partial charge in [0.2, 0.25) is 5.91 Å². The molecule has 1 aromatic carbocycles. The molecule has 0 bridgehead atoms. The lowest BCUT2D eigenvalue weighted by Gasteiger charge is -2.44. The molecule has 7 nitrogen and oxygen atoms in total. The van der Waals surface area contributed by atoms with Crippen molar-refractivity contribution in [2.24, 2.45) is 0 Å². The molecular formula is C18H22BrN3O4S. The third kappa shape index (κ3) is 4.24. The topological polar surface area (TPSA) is 87.7 Å². The summed E-state index contributed by atoms with van der Waals surface area (Å²) in [6.07, 6.45) is -0.811.